The highest BCUT2D eigenvalue weighted by atomic mass is 31.2. The van der Waals surface area contributed by atoms with Crippen molar-refractivity contribution in [3.8, 4) is 17.8 Å². The zero-order chi connectivity index (χ0) is 40.9. The highest BCUT2D eigenvalue weighted by Crippen LogP contribution is 2.45. The lowest BCUT2D eigenvalue weighted by atomic mass is 9.92. The van der Waals surface area contributed by atoms with E-state index in [1.165, 1.54) is 107 Å². The molecule has 17 heteroatoms. The number of phosphoric acid groups is 1. The van der Waals surface area contributed by atoms with Gasteiger partial charge in [-0.1, -0.05) is 109 Å². The molecule has 0 spiro atoms. The number of anilines is 1. The Balaban J connectivity index is 1.16. The number of pyridine rings is 1. The summed E-state index contributed by atoms with van der Waals surface area (Å²) in [5.41, 5.74) is 4.42. The van der Waals surface area contributed by atoms with Crippen LogP contribution in [0, 0.1) is 11.3 Å². The second-order valence-corrected chi connectivity index (χ2v) is 16.1. The predicted molar refractivity (Wildman–Crippen MR) is 213 cm³/mol. The summed E-state index contributed by atoms with van der Waals surface area (Å²) in [7, 11) is -3.16. The van der Waals surface area contributed by atoms with Crippen molar-refractivity contribution < 1.29 is 47.7 Å². The SMILES string of the molecule is CCCCCCCCCCCCCCCCCCOC[C@H](COP(=O)(O)OCC[C@H]1O[C@@](C#N)(c2ccc3c(N)ncnn23)[C@H](O)[C@@H]1O)Oc1cccc(OC)n1. The van der Waals surface area contributed by atoms with Gasteiger partial charge < -0.3 is 39.8 Å². The number of nitrogen functional groups attached to an aromatic ring is 1. The largest absolute Gasteiger partial charge is 0.481 e. The molecule has 4 heterocycles. The van der Waals surface area contributed by atoms with Crippen molar-refractivity contribution in [2.45, 2.75) is 146 Å². The Hall–Kier alpha value is -3.39. The first-order chi connectivity index (χ1) is 27.6. The minimum atomic E-state index is -4.64. The summed E-state index contributed by atoms with van der Waals surface area (Å²) in [4.78, 5) is 18.7. The summed E-state index contributed by atoms with van der Waals surface area (Å²) in [5, 5.41) is 36.0. The molecular weight excluding hydrogens is 755 g/mol. The average molecular weight is 819 g/mol. The molecule has 0 aromatic carbocycles. The number of nitrogens with two attached hydrogens (primary N) is 1. The lowest BCUT2D eigenvalue weighted by molar-refractivity contribution is -0.0555. The summed E-state index contributed by atoms with van der Waals surface area (Å²) >= 11 is 0. The lowest BCUT2D eigenvalue weighted by Gasteiger charge is -2.24. The van der Waals surface area contributed by atoms with Gasteiger partial charge in [-0.2, -0.15) is 15.3 Å². The van der Waals surface area contributed by atoms with E-state index in [2.05, 4.69) is 22.0 Å². The van der Waals surface area contributed by atoms with Crippen LogP contribution in [0.4, 0.5) is 5.82 Å². The first-order valence-electron chi connectivity index (χ1n) is 20.5. The molecular formula is C40H63N6O10P. The Kier molecular flexibility index (Phi) is 19.9. The van der Waals surface area contributed by atoms with Crippen LogP contribution in [0.25, 0.3) is 5.52 Å². The first-order valence-corrected chi connectivity index (χ1v) is 22.0. The molecule has 3 aromatic rings. The van der Waals surface area contributed by atoms with Gasteiger partial charge in [0.1, 0.15) is 36.2 Å². The van der Waals surface area contributed by atoms with Crippen LogP contribution < -0.4 is 15.2 Å². The van der Waals surface area contributed by atoms with Gasteiger partial charge in [0.2, 0.25) is 17.4 Å². The summed E-state index contributed by atoms with van der Waals surface area (Å²) in [5.74, 6) is 0.705. The fraction of sp³-hybridized carbons (Fsp3) is 0.700. The number of aliphatic hydroxyl groups is 2. The van der Waals surface area contributed by atoms with Crippen LogP contribution in [0.2, 0.25) is 0 Å². The summed E-state index contributed by atoms with van der Waals surface area (Å²) < 4.78 is 47.6. The Morgan fingerprint density at radius 3 is 2.18 bits per heavy atom. The van der Waals surface area contributed by atoms with Crippen molar-refractivity contribution >= 4 is 19.2 Å². The molecule has 6 atom stereocenters. The van der Waals surface area contributed by atoms with Crippen molar-refractivity contribution in [2.24, 2.45) is 0 Å². The van der Waals surface area contributed by atoms with Crippen molar-refractivity contribution in [3.63, 3.8) is 0 Å². The Labute approximate surface area is 336 Å². The number of methoxy groups -OCH3 is 1. The minimum absolute atomic E-state index is 0.0683. The summed E-state index contributed by atoms with van der Waals surface area (Å²) in [6.45, 7) is 2.05. The maximum Gasteiger partial charge on any atom is 0.472 e. The topological polar surface area (TPSA) is 226 Å². The molecule has 3 aromatic heterocycles. The number of nitriles is 1. The van der Waals surface area contributed by atoms with Crippen molar-refractivity contribution in [2.75, 3.05) is 39.3 Å². The predicted octanol–water partition coefficient (Wildman–Crippen LogP) is 6.80. The highest BCUT2D eigenvalue weighted by Gasteiger charge is 2.57. The van der Waals surface area contributed by atoms with Gasteiger partial charge in [-0.05, 0) is 18.6 Å². The van der Waals surface area contributed by atoms with E-state index in [-0.39, 0.29) is 37.0 Å². The molecule has 318 valence electrons. The normalized spacial score (nSPS) is 21.0. The van der Waals surface area contributed by atoms with Crippen molar-refractivity contribution in [1.29, 1.82) is 5.26 Å². The number of rotatable bonds is 30. The van der Waals surface area contributed by atoms with E-state index in [9.17, 15) is 24.9 Å². The van der Waals surface area contributed by atoms with Gasteiger partial charge in [0.15, 0.2) is 5.82 Å². The number of hydrogen-bond acceptors (Lipinski definition) is 14. The molecule has 0 radical (unpaired) electrons. The maximum absolute atomic E-state index is 12.9. The van der Waals surface area contributed by atoms with Crippen LogP contribution >= 0.6 is 7.82 Å². The van der Waals surface area contributed by atoms with Crippen LogP contribution in [0.15, 0.2) is 36.7 Å². The van der Waals surface area contributed by atoms with Gasteiger partial charge in [0.05, 0.1) is 38.7 Å². The Morgan fingerprint density at radius 1 is 0.912 bits per heavy atom. The number of unbranched alkanes of at least 4 members (excludes halogenated alkanes) is 15. The number of aromatic nitrogens is 4. The average Bonchev–Trinajstić information content (AvgIpc) is 3.76. The number of ether oxygens (including phenoxy) is 4. The Morgan fingerprint density at radius 2 is 1.54 bits per heavy atom. The maximum atomic E-state index is 12.9. The molecule has 1 unspecified atom stereocenters. The Bertz CT molecular complexity index is 1690. The van der Waals surface area contributed by atoms with E-state index in [1.54, 1.807) is 24.3 Å². The van der Waals surface area contributed by atoms with Crippen LogP contribution in [0.3, 0.4) is 0 Å². The summed E-state index contributed by atoms with van der Waals surface area (Å²) in [6, 6.07) is 10.0. The van der Waals surface area contributed by atoms with Gasteiger partial charge in [0, 0.05) is 25.2 Å². The minimum Gasteiger partial charge on any atom is -0.481 e. The van der Waals surface area contributed by atoms with Crippen LogP contribution in [0.1, 0.15) is 122 Å². The van der Waals surface area contributed by atoms with Gasteiger partial charge in [0.25, 0.3) is 0 Å². The molecule has 0 aliphatic carbocycles. The van der Waals surface area contributed by atoms with Gasteiger partial charge in [-0.25, -0.2) is 14.1 Å². The van der Waals surface area contributed by atoms with Gasteiger partial charge in [-0.15, -0.1) is 0 Å². The smallest absolute Gasteiger partial charge is 0.472 e. The molecule has 57 heavy (non-hydrogen) atoms. The van der Waals surface area contributed by atoms with E-state index in [4.69, 9.17) is 33.7 Å². The van der Waals surface area contributed by atoms with Crippen LogP contribution in [-0.4, -0.2) is 92.6 Å². The van der Waals surface area contributed by atoms with Crippen LogP contribution in [0.5, 0.6) is 11.8 Å². The molecule has 0 amide bonds. The number of aliphatic hydroxyl groups excluding tert-OH is 2. The molecule has 16 nitrogen and oxygen atoms in total. The standard InChI is InChI=1S/C40H63N6O10P/c1-3-4-5-6-7-8-9-10-11-12-13-14-15-16-17-18-25-52-27-31(55-36-21-19-20-35(45-36)51-2)28-54-57(49,50)53-26-24-33-37(47)38(48)40(29-41,56-33)34-23-22-32-39(42)43-30-44-46(32)34/h19-23,30-31,33,37-38,47-48H,3-18,24-28H2,1-2H3,(H,49,50)(H2,42,43,44)/t31-,33-,37-,38-,40+/m1/s1. The molecule has 0 bridgehead atoms. The molecule has 5 N–H and O–H groups in total. The first kappa shape index (κ1) is 46.3. The third-order valence-corrected chi connectivity index (χ3v) is 11.2. The molecule has 0 saturated carbocycles. The van der Waals surface area contributed by atoms with Gasteiger partial charge >= 0.3 is 7.82 Å². The third kappa shape index (κ3) is 14.4. The van der Waals surface area contributed by atoms with Gasteiger partial charge in [-0.3, -0.25) is 9.05 Å². The highest BCUT2D eigenvalue weighted by molar-refractivity contribution is 7.47. The monoisotopic (exact) mass is 818 g/mol. The van der Waals surface area contributed by atoms with E-state index < -0.39 is 44.4 Å². The fourth-order valence-electron chi connectivity index (χ4n) is 6.98. The van der Waals surface area contributed by atoms with Crippen molar-refractivity contribution in [3.05, 3.63) is 42.4 Å². The molecule has 1 fully saturated rings. The molecule has 4 rings (SSSR count). The fourth-order valence-corrected chi connectivity index (χ4v) is 7.74. The number of nitrogens with zero attached hydrogens (tertiary/aromatic N) is 5. The molecule has 1 aliphatic rings. The van der Waals surface area contributed by atoms with E-state index in [0.717, 1.165) is 19.3 Å². The number of fused-ring (bicyclic) bond motifs is 1. The van der Waals surface area contributed by atoms with Crippen molar-refractivity contribution in [1.82, 2.24) is 19.6 Å². The number of phosphoric ester groups is 1. The zero-order valence-electron chi connectivity index (χ0n) is 33.6. The molecule has 1 saturated heterocycles. The summed E-state index contributed by atoms with van der Waals surface area (Å²) in [6.07, 6.45) is 16.3. The van der Waals surface area contributed by atoms with Crippen LogP contribution in [-0.2, 0) is 28.7 Å². The second-order valence-electron chi connectivity index (χ2n) is 14.6. The third-order valence-electron chi connectivity index (χ3n) is 10.2. The zero-order valence-corrected chi connectivity index (χ0v) is 34.5. The quantitative estimate of drug-likeness (QED) is 0.0401. The second kappa shape index (κ2) is 24.5. The molecule has 1 aliphatic heterocycles. The van der Waals surface area contributed by atoms with E-state index >= 15 is 0 Å². The van der Waals surface area contributed by atoms with E-state index in [1.807, 2.05) is 6.07 Å². The van der Waals surface area contributed by atoms with E-state index in [0.29, 0.717) is 18.0 Å². The number of hydrogen-bond donors (Lipinski definition) is 4. The lowest BCUT2D eigenvalue weighted by Crippen LogP contribution is -2.40.